The van der Waals surface area contributed by atoms with Crippen LogP contribution in [0.5, 0.6) is 0 Å². The SMILES string of the molecule is C[C@H](c1ccc(-n2cccc2)cc1)N1C(=O)[C@H]2[C@H](C1=O)[C@H]1CC[C@H]2O1. The molecule has 0 unspecified atom stereocenters. The molecule has 2 aromatic rings. The van der Waals surface area contributed by atoms with Gasteiger partial charge in [0.2, 0.25) is 11.8 Å². The number of amides is 2. The van der Waals surface area contributed by atoms with E-state index in [-0.39, 0.29) is 41.9 Å². The molecule has 128 valence electrons. The summed E-state index contributed by atoms with van der Waals surface area (Å²) in [6.07, 6.45) is 5.67. The number of imide groups is 1. The Kier molecular flexibility index (Phi) is 3.16. The molecule has 1 aromatic heterocycles. The molecule has 0 N–H and O–H groups in total. The van der Waals surface area contributed by atoms with E-state index in [1.807, 2.05) is 60.3 Å². The van der Waals surface area contributed by atoms with E-state index in [0.29, 0.717) is 0 Å². The molecular weight excluding hydrogens is 316 g/mol. The zero-order chi connectivity index (χ0) is 17.1. The largest absolute Gasteiger partial charge is 0.373 e. The number of hydrogen-bond donors (Lipinski definition) is 0. The maximum Gasteiger partial charge on any atom is 0.236 e. The van der Waals surface area contributed by atoms with Crippen molar-refractivity contribution in [1.82, 2.24) is 9.47 Å². The van der Waals surface area contributed by atoms with Crippen LogP contribution in [0.1, 0.15) is 31.4 Å². The lowest BCUT2D eigenvalue weighted by molar-refractivity contribution is -0.145. The van der Waals surface area contributed by atoms with E-state index in [4.69, 9.17) is 4.74 Å². The van der Waals surface area contributed by atoms with Crippen molar-refractivity contribution in [2.24, 2.45) is 11.8 Å². The number of ether oxygens (including phenoxy) is 1. The monoisotopic (exact) mass is 336 g/mol. The Labute approximate surface area is 146 Å². The van der Waals surface area contributed by atoms with Crippen molar-refractivity contribution >= 4 is 11.8 Å². The second-order valence-electron chi connectivity index (χ2n) is 7.25. The summed E-state index contributed by atoms with van der Waals surface area (Å²) in [7, 11) is 0. The number of fused-ring (bicyclic) bond motifs is 5. The fraction of sp³-hybridized carbons (Fsp3) is 0.400. The minimum absolute atomic E-state index is 0.0517. The van der Waals surface area contributed by atoms with Crippen molar-refractivity contribution in [3.63, 3.8) is 0 Å². The Morgan fingerprint density at radius 2 is 1.52 bits per heavy atom. The number of rotatable bonds is 3. The molecule has 2 bridgehead atoms. The first-order valence-electron chi connectivity index (χ1n) is 8.91. The van der Waals surface area contributed by atoms with E-state index in [1.54, 1.807) is 0 Å². The molecule has 0 radical (unpaired) electrons. The third-order valence-electron chi connectivity index (χ3n) is 5.98. The standard InChI is InChI=1S/C20H20N2O3/c1-12(13-4-6-14(7-5-13)21-10-2-3-11-21)22-19(23)17-15-8-9-16(25-15)18(17)20(22)24/h2-7,10-12,15-18H,8-9H2,1H3/t12-,15-,16-,17-,18-/m1/s1. The predicted molar refractivity (Wildman–Crippen MR) is 90.9 cm³/mol. The molecule has 3 aliphatic rings. The zero-order valence-corrected chi connectivity index (χ0v) is 14.0. The third kappa shape index (κ3) is 2.05. The molecule has 25 heavy (non-hydrogen) atoms. The van der Waals surface area contributed by atoms with Crippen molar-refractivity contribution in [1.29, 1.82) is 0 Å². The zero-order valence-electron chi connectivity index (χ0n) is 14.0. The Morgan fingerprint density at radius 1 is 0.960 bits per heavy atom. The van der Waals surface area contributed by atoms with Gasteiger partial charge in [-0.1, -0.05) is 12.1 Å². The van der Waals surface area contributed by atoms with Crippen molar-refractivity contribution in [3.05, 3.63) is 54.4 Å². The van der Waals surface area contributed by atoms with Crippen LogP contribution in [0.2, 0.25) is 0 Å². The highest BCUT2D eigenvalue weighted by atomic mass is 16.5. The lowest BCUT2D eigenvalue weighted by atomic mass is 9.81. The van der Waals surface area contributed by atoms with Crippen LogP contribution in [-0.4, -0.2) is 33.5 Å². The maximum atomic E-state index is 12.9. The Bertz CT molecular complexity index is 799. The van der Waals surface area contributed by atoms with E-state index in [2.05, 4.69) is 0 Å². The van der Waals surface area contributed by atoms with Gasteiger partial charge < -0.3 is 9.30 Å². The molecule has 5 nitrogen and oxygen atoms in total. The van der Waals surface area contributed by atoms with Gasteiger partial charge in [-0.05, 0) is 49.6 Å². The minimum Gasteiger partial charge on any atom is -0.373 e. The van der Waals surface area contributed by atoms with Crippen LogP contribution in [-0.2, 0) is 14.3 Å². The average molecular weight is 336 g/mol. The molecule has 1 aromatic carbocycles. The number of nitrogens with zero attached hydrogens (tertiary/aromatic N) is 2. The smallest absolute Gasteiger partial charge is 0.236 e. The van der Waals surface area contributed by atoms with Crippen molar-refractivity contribution in [3.8, 4) is 5.69 Å². The first-order chi connectivity index (χ1) is 12.1. The number of aromatic nitrogens is 1. The summed E-state index contributed by atoms with van der Waals surface area (Å²) in [5.41, 5.74) is 2.04. The molecule has 3 fully saturated rings. The second-order valence-corrected chi connectivity index (χ2v) is 7.25. The molecule has 2 amide bonds. The summed E-state index contributed by atoms with van der Waals surface area (Å²) in [6, 6.07) is 11.7. The van der Waals surface area contributed by atoms with Crippen molar-refractivity contribution in [2.45, 2.75) is 38.0 Å². The molecular formula is C20H20N2O3. The van der Waals surface area contributed by atoms with Gasteiger partial charge in [-0.25, -0.2) is 0 Å². The minimum atomic E-state index is -0.257. The number of benzene rings is 1. The van der Waals surface area contributed by atoms with Gasteiger partial charge in [-0.15, -0.1) is 0 Å². The highest BCUT2D eigenvalue weighted by Gasteiger charge is 2.63. The summed E-state index contributed by atoms with van der Waals surface area (Å²) < 4.78 is 7.83. The van der Waals surface area contributed by atoms with Gasteiger partial charge in [0.1, 0.15) is 0 Å². The number of likely N-dealkylation sites (tertiary alicyclic amines) is 1. The van der Waals surface area contributed by atoms with Gasteiger partial charge in [0, 0.05) is 18.1 Å². The first kappa shape index (κ1) is 14.9. The van der Waals surface area contributed by atoms with Gasteiger partial charge in [-0.3, -0.25) is 14.5 Å². The van der Waals surface area contributed by atoms with E-state index in [1.165, 1.54) is 4.90 Å². The van der Waals surface area contributed by atoms with E-state index >= 15 is 0 Å². The molecule has 5 heteroatoms. The van der Waals surface area contributed by atoms with E-state index < -0.39 is 0 Å². The molecule has 0 aliphatic carbocycles. The fourth-order valence-corrected chi connectivity index (χ4v) is 4.70. The highest BCUT2D eigenvalue weighted by molar-refractivity contribution is 6.06. The average Bonchev–Trinajstić information content (AvgIpc) is 3.39. The molecule has 0 spiro atoms. The summed E-state index contributed by atoms with van der Waals surface area (Å²) in [4.78, 5) is 27.2. The third-order valence-corrected chi connectivity index (χ3v) is 5.98. The van der Waals surface area contributed by atoms with Crippen LogP contribution < -0.4 is 0 Å². The summed E-state index contributed by atoms with van der Waals surface area (Å²) in [5.74, 6) is -0.617. The van der Waals surface area contributed by atoms with E-state index in [0.717, 1.165) is 24.1 Å². The molecule has 5 atom stereocenters. The Hall–Kier alpha value is -2.40. The van der Waals surface area contributed by atoms with E-state index in [9.17, 15) is 9.59 Å². The topological polar surface area (TPSA) is 51.5 Å². The van der Waals surface area contributed by atoms with Crippen LogP contribution >= 0.6 is 0 Å². The summed E-state index contributed by atoms with van der Waals surface area (Å²) in [6.45, 7) is 1.93. The molecule has 3 saturated heterocycles. The lowest BCUT2D eigenvalue weighted by Gasteiger charge is -2.25. The van der Waals surface area contributed by atoms with Crippen molar-refractivity contribution < 1.29 is 14.3 Å². The lowest BCUT2D eigenvalue weighted by Crippen LogP contribution is -2.36. The molecule has 5 rings (SSSR count). The van der Waals surface area contributed by atoms with Crippen molar-refractivity contribution in [2.75, 3.05) is 0 Å². The normalized spacial score (nSPS) is 31.6. The number of hydrogen-bond acceptors (Lipinski definition) is 3. The molecule has 4 heterocycles. The van der Waals surface area contributed by atoms with Gasteiger partial charge in [-0.2, -0.15) is 0 Å². The first-order valence-corrected chi connectivity index (χ1v) is 8.91. The second kappa shape index (κ2) is 5.30. The summed E-state index contributed by atoms with van der Waals surface area (Å²) in [5, 5.41) is 0. The predicted octanol–water partition coefficient (Wildman–Crippen LogP) is 2.70. The summed E-state index contributed by atoms with van der Waals surface area (Å²) >= 11 is 0. The molecule has 3 aliphatic heterocycles. The van der Waals surface area contributed by atoms with Crippen LogP contribution in [0, 0.1) is 11.8 Å². The van der Waals surface area contributed by atoms with Crippen LogP contribution in [0.25, 0.3) is 5.69 Å². The van der Waals surface area contributed by atoms with Crippen LogP contribution in [0.3, 0.4) is 0 Å². The maximum absolute atomic E-state index is 12.9. The Morgan fingerprint density at radius 3 is 2.08 bits per heavy atom. The molecule has 0 saturated carbocycles. The number of carbonyl (C=O) groups excluding carboxylic acids is 2. The Balaban J connectivity index is 1.42. The quantitative estimate of drug-likeness (QED) is 0.810. The highest BCUT2D eigenvalue weighted by Crippen LogP contribution is 2.50. The van der Waals surface area contributed by atoms with Gasteiger partial charge >= 0.3 is 0 Å². The van der Waals surface area contributed by atoms with Gasteiger partial charge in [0.05, 0.1) is 30.1 Å². The fourth-order valence-electron chi connectivity index (χ4n) is 4.70. The van der Waals surface area contributed by atoms with Gasteiger partial charge in [0.15, 0.2) is 0 Å². The number of carbonyl (C=O) groups is 2. The van der Waals surface area contributed by atoms with Gasteiger partial charge in [0.25, 0.3) is 0 Å². The van der Waals surface area contributed by atoms with Crippen LogP contribution in [0.15, 0.2) is 48.8 Å². The van der Waals surface area contributed by atoms with Crippen LogP contribution in [0.4, 0.5) is 0 Å².